The van der Waals surface area contributed by atoms with Crippen LogP contribution in [-0.4, -0.2) is 39.9 Å². The molecule has 3 nitrogen and oxygen atoms in total. The summed E-state index contributed by atoms with van der Waals surface area (Å²) < 4.78 is 15.9. The first-order chi connectivity index (χ1) is 9.81. The third-order valence-electron chi connectivity index (χ3n) is 3.23. The van der Waals surface area contributed by atoms with Crippen LogP contribution in [0.25, 0.3) is 0 Å². The van der Waals surface area contributed by atoms with E-state index in [4.69, 9.17) is 25.8 Å². The van der Waals surface area contributed by atoms with Crippen molar-refractivity contribution in [3.63, 3.8) is 0 Å². The molecule has 0 aliphatic heterocycles. The van der Waals surface area contributed by atoms with E-state index in [-0.39, 0.29) is 0 Å². The van der Waals surface area contributed by atoms with Gasteiger partial charge in [-0.05, 0) is 36.8 Å². The van der Waals surface area contributed by atoms with Gasteiger partial charge in [0.15, 0.2) is 0 Å². The molecule has 1 unspecified atom stereocenters. The highest BCUT2D eigenvalue weighted by Crippen LogP contribution is 2.23. The summed E-state index contributed by atoms with van der Waals surface area (Å²) in [5.74, 6) is 1.98. The van der Waals surface area contributed by atoms with Gasteiger partial charge in [0.1, 0.15) is 5.75 Å². The summed E-state index contributed by atoms with van der Waals surface area (Å²) in [6, 6.07) is 8.10. The van der Waals surface area contributed by atoms with Crippen LogP contribution in [0.1, 0.15) is 18.4 Å². The van der Waals surface area contributed by atoms with Gasteiger partial charge in [-0.1, -0.05) is 18.2 Å². The third kappa shape index (κ3) is 6.60. The fourth-order valence-electron chi connectivity index (χ4n) is 2.07. The number of halogens is 1. The molecular formula is C16H25ClO3. The summed E-state index contributed by atoms with van der Waals surface area (Å²) in [4.78, 5) is 0. The van der Waals surface area contributed by atoms with Crippen LogP contribution >= 0.6 is 11.6 Å². The van der Waals surface area contributed by atoms with Crippen LogP contribution in [0.4, 0.5) is 0 Å². The Kier molecular flexibility index (Phi) is 9.46. The largest absolute Gasteiger partial charge is 0.496 e. The minimum Gasteiger partial charge on any atom is -0.496 e. The molecular weight excluding hydrogens is 276 g/mol. The molecule has 20 heavy (non-hydrogen) atoms. The Bertz CT molecular complexity index is 357. The van der Waals surface area contributed by atoms with Gasteiger partial charge in [0, 0.05) is 32.8 Å². The number of benzene rings is 1. The van der Waals surface area contributed by atoms with Gasteiger partial charge < -0.3 is 14.2 Å². The molecule has 0 aliphatic rings. The SMILES string of the molecule is COCCCOCCC(CCl)Cc1ccccc1OC. The van der Waals surface area contributed by atoms with E-state index in [2.05, 4.69) is 6.07 Å². The van der Waals surface area contributed by atoms with Gasteiger partial charge in [0.05, 0.1) is 7.11 Å². The van der Waals surface area contributed by atoms with E-state index in [0.717, 1.165) is 44.8 Å². The maximum absolute atomic E-state index is 6.06. The molecule has 0 fully saturated rings. The molecule has 1 rings (SSSR count). The zero-order chi connectivity index (χ0) is 14.6. The molecule has 0 amide bonds. The highest BCUT2D eigenvalue weighted by Gasteiger charge is 2.11. The fourth-order valence-corrected chi connectivity index (χ4v) is 2.34. The number of ether oxygens (including phenoxy) is 3. The van der Waals surface area contributed by atoms with Crippen molar-refractivity contribution in [3.05, 3.63) is 29.8 Å². The topological polar surface area (TPSA) is 27.7 Å². The fraction of sp³-hybridized carbons (Fsp3) is 0.625. The smallest absolute Gasteiger partial charge is 0.122 e. The Balaban J connectivity index is 2.31. The van der Waals surface area contributed by atoms with E-state index in [9.17, 15) is 0 Å². The van der Waals surface area contributed by atoms with Gasteiger partial charge in [-0.25, -0.2) is 0 Å². The van der Waals surface area contributed by atoms with Crippen LogP contribution < -0.4 is 4.74 Å². The average molecular weight is 301 g/mol. The molecule has 0 aromatic heterocycles. The van der Waals surface area contributed by atoms with Crippen molar-refractivity contribution in [2.24, 2.45) is 5.92 Å². The highest BCUT2D eigenvalue weighted by molar-refractivity contribution is 6.18. The van der Waals surface area contributed by atoms with Crippen LogP contribution in [0.15, 0.2) is 24.3 Å². The molecule has 0 radical (unpaired) electrons. The summed E-state index contributed by atoms with van der Waals surface area (Å²) in [7, 11) is 3.41. The average Bonchev–Trinajstić information content (AvgIpc) is 2.50. The third-order valence-corrected chi connectivity index (χ3v) is 3.66. The predicted molar refractivity (Wildman–Crippen MR) is 82.8 cm³/mol. The summed E-state index contributed by atoms with van der Waals surface area (Å²) in [6.07, 6.45) is 2.83. The molecule has 0 spiro atoms. The molecule has 1 aromatic carbocycles. The van der Waals surface area contributed by atoms with Crippen molar-refractivity contribution < 1.29 is 14.2 Å². The first-order valence-electron chi connectivity index (χ1n) is 7.06. The van der Waals surface area contributed by atoms with Crippen LogP contribution in [0.5, 0.6) is 5.75 Å². The Hall–Kier alpha value is -0.770. The summed E-state index contributed by atoms with van der Waals surface area (Å²) >= 11 is 6.06. The van der Waals surface area contributed by atoms with Crippen LogP contribution in [0.3, 0.4) is 0 Å². The first-order valence-corrected chi connectivity index (χ1v) is 7.59. The number of alkyl halides is 1. The van der Waals surface area contributed by atoms with E-state index in [1.807, 2.05) is 18.2 Å². The van der Waals surface area contributed by atoms with E-state index < -0.39 is 0 Å². The monoisotopic (exact) mass is 300 g/mol. The number of hydrogen-bond acceptors (Lipinski definition) is 3. The number of methoxy groups -OCH3 is 2. The highest BCUT2D eigenvalue weighted by atomic mass is 35.5. The molecule has 0 aliphatic carbocycles. The summed E-state index contributed by atoms with van der Waals surface area (Å²) in [6.45, 7) is 2.24. The zero-order valence-corrected chi connectivity index (χ0v) is 13.2. The second kappa shape index (κ2) is 11.0. The zero-order valence-electron chi connectivity index (χ0n) is 12.4. The van der Waals surface area contributed by atoms with E-state index in [0.29, 0.717) is 11.8 Å². The lowest BCUT2D eigenvalue weighted by atomic mass is 9.97. The quantitative estimate of drug-likeness (QED) is 0.462. The van der Waals surface area contributed by atoms with E-state index in [1.54, 1.807) is 14.2 Å². The molecule has 114 valence electrons. The molecule has 1 aromatic rings. The van der Waals surface area contributed by atoms with Crippen molar-refractivity contribution >= 4 is 11.6 Å². The number of rotatable bonds is 11. The summed E-state index contributed by atoms with van der Waals surface area (Å²) in [5, 5.41) is 0. The second-order valence-electron chi connectivity index (χ2n) is 4.78. The van der Waals surface area contributed by atoms with Gasteiger partial charge in [-0.15, -0.1) is 11.6 Å². The maximum Gasteiger partial charge on any atom is 0.122 e. The van der Waals surface area contributed by atoms with Gasteiger partial charge in [0.2, 0.25) is 0 Å². The molecule has 4 heteroatoms. The number of para-hydroxylation sites is 1. The van der Waals surface area contributed by atoms with Crippen molar-refractivity contribution in [1.82, 2.24) is 0 Å². The first kappa shape index (κ1) is 17.3. The standard InChI is InChI=1S/C16H25ClO3/c1-18-9-5-10-20-11-8-14(13-17)12-15-6-3-4-7-16(15)19-2/h3-4,6-7,14H,5,8-13H2,1-2H3. The Morgan fingerprint density at radius 1 is 1.10 bits per heavy atom. The molecule has 0 N–H and O–H groups in total. The molecule has 1 atom stereocenters. The normalized spacial score (nSPS) is 12.3. The van der Waals surface area contributed by atoms with Gasteiger partial charge in [-0.3, -0.25) is 0 Å². The van der Waals surface area contributed by atoms with E-state index in [1.165, 1.54) is 5.56 Å². The molecule has 0 heterocycles. The van der Waals surface area contributed by atoms with Crippen LogP contribution in [0.2, 0.25) is 0 Å². The lowest BCUT2D eigenvalue weighted by Crippen LogP contribution is -2.11. The Morgan fingerprint density at radius 3 is 2.60 bits per heavy atom. The maximum atomic E-state index is 6.06. The van der Waals surface area contributed by atoms with E-state index >= 15 is 0 Å². The van der Waals surface area contributed by atoms with Crippen LogP contribution in [0, 0.1) is 5.92 Å². The molecule has 0 saturated carbocycles. The second-order valence-corrected chi connectivity index (χ2v) is 5.09. The Labute approximate surface area is 127 Å². The number of hydrogen-bond donors (Lipinski definition) is 0. The molecule has 0 saturated heterocycles. The van der Waals surface area contributed by atoms with Crippen molar-refractivity contribution in [3.8, 4) is 5.75 Å². The minimum atomic E-state index is 0.412. The van der Waals surface area contributed by atoms with Crippen molar-refractivity contribution in [1.29, 1.82) is 0 Å². The van der Waals surface area contributed by atoms with Crippen LogP contribution in [-0.2, 0) is 15.9 Å². The van der Waals surface area contributed by atoms with Crippen molar-refractivity contribution in [2.75, 3.05) is 39.9 Å². The predicted octanol–water partition coefficient (Wildman–Crippen LogP) is 3.54. The lowest BCUT2D eigenvalue weighted by molar-refractivity contribution is 0.0951. The summed E-state index contributed by atoms with van der Waals surface area (Å²) in [5.41, 5.74) is 1.21. The Morgan fingerprint density at radius 2 is 1.90 bits per heavy atom. The van der Waals surface area contributed by atoms with Gasteiger partial charge in [-0.2, -0.15) is 0 Å². The van der Waals surface area contributed by atoms with Gasteiger partial charge in [0.25, 0.3) is 0 Å². The van der Waals surface area contributed by atoms with Gasteiger partial charge >= 0.3 is 0 Å². The molecule has 0 bridgehead atoms. The lowest BCUT2D eigenvalue weighted by Gasteiger charge is -2.16. The minimum absolute atomic E-state index is 0.412. The van der Waals surface area contributed by atoms with Crippen molar-refractivity contribution in [2.45, 2.75) is 19.3 Å².